The van der Waals surface area contributed by atoms with Gasteiger partial charge in [0.05, 0.1) is 12.1 Å². The van der Waals surface area contributed by atoms with Crippen LogP contribution in [-0.4, -0.2) is 34.6 Å². The molecule has 3 aromatic rings. The SMILES string of the molecule is Cc1cc(C)cc(C[C@@H](O)[C@H](O)[C@H](Cc2ccccc2)NC(=O)OCc2ccccc2)c1. The number of alkyl carbamates (subject to hydrolysis) is 1. The lowest BCUT2D eigenvalue weighted by Crippen LogP contribution is -2.50. The highest BCUT2D eigenvalue weighted by molar-refractivity contribution is 5.67. The van der Waals surface area contributed by atoms with E-state index in [1.165, 1.54) is 0 Å². The third-order valence-corrected chi connectivity index (χ3v) is 5.35. The lowest BCUT2D eigenvalue weighted by Gasteiger charge is -2.28. The molecule has 32 heavy (non-hydrogen) atoms. The smallest absolute Gasteiger partial charge is 0.407 e. The summed E-state index contributed by atoms with van der Waals surface area (Å²) in [6.45, 7) is 4.13. The van der Waals surface area contributed by atoms with Crippen LogP contribution in [0.15, 0.2) is 78.9 Å². The van der Waals surface area contributed by atoms with E-state index in [0.717, 1.165) is 27.8 Å². The van der Waals surface area contributed by atoms with E-state index in [1.54, 1.807) is 0 Å². The van der Waals surface area contributed by atoms with E-state index in [2.05, 4.69) is 11.4 Å². The first-order valence-corrected chi connectivity index (χ1v) is 10.8. The Morgan fingerprint density at radius 1 is 0.812 bits per heavy atom. The van der Waals surface area contributed by atoms with E-state index in [9.17, 15) is 15.0 Å². The third kappa shape index (κ3) is 7.22. The molecular formula is C27H31NO4. The minimum absolute atomic E-state index is 0.131. The first kappa shape index (κ1) is 23.5. The maximum absolute atomic E-state index is 12.5. The summed E-state index contributed by atoms with van der Waals surface area (Å²) in [7, 11) is 0. The first-order chi connectivity index (χ1) is 15.4. The van der Waals surface area contributed by atoms with Crippen LogP contribution in [0.3, 0.4) is 0 Å². The van der Waals surface area contributed by atoms with Crippen molar-refractivity contribution in [2.45, 2.75) is 51.5 Å². The summed E-state index contributed by atoms with van der Waals surface area (Å²) in [5.41, 5.74) is 4.96. The normalized spacial score (nSPS) is 13.8. The zero-order chi connectivity index (χ0) is 22.9. The fraction of sp³-hybridized carbons (Fsp3) is 0.296. The molecule has 0 aliphatic carbocycles. The number of hydrogen-bond donors (Lipinski definition) is 3. The van der Waals surface area contributed by atoms with Gasteiger partial charge in [-0.25, -0.2) is 4.79 Å². The number of ether oxygens (including phenoxy) is 1. The Hall–Kier alpha value is -3.15. The maximum atomic E-state index is 12.5. The molecule has 0 aliphatic heterocycles. The largest absolute Gasteiger partial charge is 0.445 e. The van der Waals surface area contributed by atoms with Crippen molar-refractivity contribution in [1.82, 2.24) is 5.32 Å². The molecule has 0 aromatic heterocycles. The minimum atomic E-state index is -1.17. The Morgan fingerprint density at radius 3 is 1.97 bits per heavy atom. The molecule has 0 radical (unpaired) electrons. The van der Waals surface area contributed by atoms with Gasteiger partial charge in [-0.2, -0.15) is 0 Å². The van der Waals surface area contributed by atoms with Crippen LogP contribution in [0.4, 0.5) is 4.79 Å². The Bertz CT molecular complexity index is 971. The molecule has 0 unspecified atom stereocenters. The first-order valence-electron chi connectivity index (χ1n) is 10.8. The molecule has 0 bridgehead atoms. The Labute approximate surface area is 189 Å². The summed E-state index contributed by atoms with van der Waals surface area (Å²) < 4.78 is 5.33. The number of amides is 1. The quantitative estimate of drug-likeness (QED) is 0.475. The molecule has 1 amide bonds. The Balaban J connectivity index is 1.68. The van der Waals surface area contributed by atoms with Crippen LogP contribution in [0.5, 0.6) is 0 Å². The van der Waals surface area contributed by atoms with Crippen LogP contribution in [-0.2, 0) is 24.2 Å². The number of aliphatic hydroxyl groups is 2. The van der Waals surface area contributed by atoms with Crippen LogP contribution < -0.4 is 5.32 Å². The summed E-state index contributed by atoms with van der Waals surface area (Å²) in [4.78, 5) is 12.5. The van der Waals surface area contributed by atoms with Gasteiger partial charge in [-0.1, -0.05) is 90.0 Å². The fourth-order valence-corrected chi connectivity index (χ4v) is 3.86. The van der Waals surface area contributed by atoms with Gasteiger partial charge >= 0.3 is 6.09 Å². The lowest BCUT2D eigenvalue weighted by atomic mass is 9.93. The van der Waals surface area contributed by atoms with Gasteiger partial charge in [-0.3, -0.25) is 0 Å². The molecule has 0 saturated carbocycles. The molecule has 0 heterocycles. The van der Waals surface area contributed by atoms with E-state index in [0.29, 0.717) is 6.42 Å². The summed E-state index contributed by atoms with van der Waals surface area (Å²) in [5.74, 6) is 0. The highest BCUT2D eigenvalue weighted by atomic mass is 16.5. The monoisotopic (exact) mass is 433 g/mol. The van der Waals surface area contributed by atoms with Crippen molar-refractivity contribution in [3.05, 3.63) is 107 Å². The minimum Gasteiger partial charge on any atom is -0.445 e. The van der Waals surface area contributed by atoms with Crippen molar-refractivity contribution < 1.29 is 19.7 Å². The Kier molecular flexibility index (Phi) is 8.42. The van der Waals surface area contributed by atoms with Gasteiger partial charge in [-0.15, -0.1) is 0 Å². The van der Waals surface area contributed by atoms with Crippen LogP contribution in [0.25, 0.3) is 0 Å². The second kappa shape index (κ2) is 11.5. The number of benzene rings is 3. The van der Waals surface area contributed by atoms with Gasteiger partial charge < -0.3 is 20.3 Å². The molecular weight excluding hydrogens is 402 g/mol. The molecule has 0 saturated heterocycles. The highest BCUT2D eigenvalue weighted by Gasteiger charge is 2.29. The molecule has 3 atom stereocenters. The summed E-state index contributed by atoms with van der Waals surface area (Å²) in [6, 6.07) is 24.3. The predicted molar refractivity (Wildman–Crippen MR) is 125 cm³/mol. The van der Waals surface area contributed by atoms with Crippen LogP contribution in [0.1, 0.15) is 27.8 Å². The number of aryl methyl sites for hydroxylation is 2. The van der Waals surface area contributed by atoms with Gasteiger partial charge in [0.15, 0.2) is 0 Å². The second-order valence-corrected chi connectivity index (χ2v) is 8.26. The van der Waals surface area contributed by atoms with Gasteiger partial charge in [0, 0.05) is 6.42 Å². The van der Waals surface area contributed by atoms with Gasteiger partial charge in [-0.05, 0) is 37.0 Å². The van der Waals surface area contributed by atoms with E-state index in [-0.39, 0.29) is 13.0 Å². The average molecular weight is 434 g/mol. The number of nitrogens with one attached hydrogen (secondary N) is 1. The second-order valence-electron chi connectivity index (χ2n) is 8.26. The summed E-state index contributed by atoms with van der Waals surface area (Å²) in [5, 5.41) is 24.5. The average Bonchev–Trinajstić information content (AvgIpc) is 2.77. The van der Waals surface area contributed by atoms with Gasteiger partial charge in [0.1, 0.15) is 12.7 Å². The highest BCUT2D eigenvalue weighted by Crippen LogP contribution is 2.16. The van der Waals surface area contributed by atoms with Crippen LogP contribution in [0, 0.1) is 13.8 Å². The van der Waals surface area contributed by atoms with Crippen molar-refractivity contribution in [3.63, 3.8) is 0 Å². The molecule has 3 aromatic carbocycles. The topological polar surface area (TPSA) is 78.8 Å². The van der Waals surface area contributed by atoms with Crippen LogP contribution in [0.2, 0.25) is 0 Å². The number of carbonyl (C=O) groups excluding carboxylic acids is 1. The zero-order valence-electron chi connectivity index (χ0n) is 18.6. The summed E-state index contributed by atoms with van der Waals surface area (Å²) >= 11 is 0. The zero-order valence-corrected chi connectivity index (χ0v) is 18.6. The molecule has 3 N–H and O–H groups in total. The molecule has 0 aliphatic rings. The molecule has 0 fully saturated rings. The van der Waals surface area contributed by atoms with Gasteiger partial charge in [0.25, 0.3) is 0 Å². The molecule has 3 rings (SSSR count). The number of rotatable bonds is 9. The van der Waals surface area contributed by atoms with Crippen molar-refractivity contribution in [2.24, 2.45) is 0 Å². The number of carbonyl (C=O) groups is 1. The number of aliphatic hydroxyl groups excluding tert-OH is 2. The molecule has 5 nitrogen and oxygen atoms in total. The Morgan fingerprint density at radius 2 is 1.38 bits per heavy atom. The van der Waals surface area contributed by atoms with Crippen molar-refractivity contribution in [1.29, 1.82) is 0 Å². The van der Waals surface area contributed by atoms with Crippen molar-refractivity contribution in [3.8, 4) is 0 Å². The molecule has 168 valence electrons. The van der Waals surface area contributed by atoms with Crippen molar-refractivity contribution in [2.75, 3.05) is 0 Å². The predicted octanol–water partition coefficient (Wildman–Crippen LogP) is 4.11. The van der Waals surface area contributed by atoms with E-state index < -0.39 is 24.3 Å². The van der Waals surface area contributed by atoms with Gasteiger partial charge in [0.2, 0.25) is 0 Å². The summed E-state index contributed by atoms with van der Waals surface area (Å²) in [6.07, 6.45) is -2.19. The third-order valence-electron chi connectivity index (χ3n) is 5.35. The van der Waals surface area contributed by atoms with Crippen LogP contribution >= 0.6 is 0 Å². The molecule has 5 heteroatoms. The van der Waals surface area contributed by atoms with E-state index in [1.807, 2.05) is 86.6 Å². The lowest BCUT2D eigenvalue weighted by molar-refractivity contribution is -0.00380. The number of hydrogen-bond acceptors (Lipinski definition) is 4. The fourth-order valence-electron chi connectivity index (χ4n) is 3.86. The van der Waals surface area contributed by atoms with E-state index >= 15 is 0 Å². The maximum Gasteiger partial charge on any atom is 0.407 e. The molecule has 0 spiro atoms. The van der Waals surface area contributed by atoms with E-state index in [4.69, 9.17) is 4.74 Å². The van der Waals surface area contributed by atoms with Crippen molar-refractivity contribution >= 4 is 6.09 Å². The standard InChI is InChI=1S/C27H31NO4/c1-19-13-20(2)15-23(14-19)17-25(29)26(30)24(16-21-9-5-3-6-10-21)28-27(31)32-18-22-11-7-4-8-12-22/h3-15,24-26,29-30H,16-18H2,1-2H3,(H,28,31)/t24-,25+,26+/m0/s1.